The van der Waals surface area contributed by atoms with Crippen molar-refractivity contribution < 1.29 is 9.53 Å². The van der Waals surface area contributed by atoms with Crippen molar-refractivity contribution in [2.45, 2.75) is 18.1 Å². The van der Waals surface area contributed by atoms with Crippen LogP contribution in [0.5, 0.6) is 5.75 Å². The van der Waals surface area contributed by atoms with E-state index in [0.717, 1.165) is 38.4 Å². The van der Waals surface area contributed by atoms with E-state index in [1.54, 1.807) is 0 Å². The minimum Gasteiger partial charge on any atom is -0.493 e. The number of carbonyl (C=O) groups is 1. The number of nitrogens with zero attached hydrogens (tertiary/aromatic N) is 4. The van der Waals surface area contributed by atoms with Crippen LogP contribution in [-0.4, -0.2) is 64.7 Å². The Balaban J connectivity index is 1.37. The zero-order valence-electron chi connectivity index (χ0n) is 15.2. The van der Waals surface area contributed by atoms with Gasteiger partial charge < -0.3 is 9.64 Å². The summed E-state index contributed by atoms with van der Waals surface area (Å²) in [5.41, 5.74) is 2.88. The minimum absolute atomic E-state index is 0.118. The number of thioether (sulfide) groups is 1. The first-order valence-corrected chi connectivity index (χ1v) is 10.6. The molecule has 1 fully saturated rings. The number of rotatable bonds is 4. The van der Waals surface area contributed by atoms with Crippen LogP contribution in [0.2, 0.25) is 5.02 Å². The lowest BCUT2D eigenvalue weighted by atomic mass is 10.1. The SMILES string of the molecule is CSc1ncc(Cl)c(C(=O)N2CCN(Cc3ccc4c(c3)CCO4)CC2)n1. The molecule has 6 nitrogen and oxygen atoms in total. The number of fused-ring (bicyclic) bond motifs is 1. The van der Waals surface area contributed by atoms with Crippen molar-refractivity contribution in [1.82, 2.24) is 19.8 Å². The lowest BCUT2D eigenvalue weighted by Gasteiger charge is -2.34. The lowest BCUT2D eigenvalue weighted by Crippen LogP contribution is -2.48. The number of benzene rings is 1. The molecule has 0 radical (unpaired) electrons. The summed E-state index contributed by atoms with van der Waals surface area (Å²) in [6, 6.07) is 6.44. The van der Waals surface area contributed by atoms with E-state index in [-0.39, 0.29) is 5.91 Å². The highest BCUT2D eigenvalue weighted by molar-refractivity contribution is 7.98. The third kappa shape index (κ3) is 4.05. The van der Waals surface area contributed by atoms with E-state index in [9.17, 15) is 4.79 Å². The van der Waals surface area contributed by atoms with Gasteiger partial charge in [-0.2, -0.15) is 0 Å². The van der Waals surface area contributed by atoms with Gasteiger partial charge in [0.1, 0.15) is 5.75 Å². The van der Waals surface area contributed by atoms with Crippen LogP contribution in [-0.2, 0) is 13.0 Å². The average Bonchev–Trinajstić information content (AvgIpc) is 3.16. The van der Waals surface area contributed by atoms with Crippen molar-refractivity contribution in [3.8, 4) is 5.75 Å². The Morgan fingerprint density at radius 2 is 2.11 bits per heavy atom. The second-order valence-electron chi connectivity index (χ2n) is 6.66. The molecule has 0 spiro atoms. The second kappa shape index (κ2) is 8.04. The van der Waals surface area contributed by atoms with Gasteiger partial charge in [0, 0.05) is 39.1 Å². The third-order valence-corrected chi connectivity index (χ3v) is 5.77. The fraction of sp³-hybridized carbons (Fsp3) is 0.421. The molecule has 4 rings (SSSR count). The number of ether oxygens (including phenoxy) is 1. The van der Waals surface area contributed by atoms with E-state index in [1.807, 2.05) is 11.2 Å². The van der Waals surface area contributed by atoms with E-state index >= 15 is 0 Å². The Labute approximate surface area is 167 Å². The summed E-state index contributed by atoms with van der Waals surface area (Å²) >= 11 is 7.54. The summed E-state index contributed by atoms with van der Waals surface area (Å²) in [5.74, 6) is 0.896. The number of carbonyl (C=O) groups excluding carboxylic acids is 1. The van der Waals surface area contributed by atoms with E-state index in [4.69, 9.17) is 16.3 Å². The van der Waals surface area contributed by atoms with Gasteiger partial charge in [-0.3, -0.25) is 9.69 Å². The van der Waals surface area contributed by atoms with Crippen LogP contribution in [0.4, 0.5) is 0 Å². The van der Waals surface area contributed by atoms with Gasteiger partial charge >= 0.3 is 0 Å². The molecular weight excluding hydrogens is 384 g/mol. The first kappa shape index (κ1) is 18.5. The van der Waals surface area contributed by atoms with Gasteiger partial charge in [0.05, 0.1) is 17.8 Å². The van der Waals surface area contributed by atoms with Gasteiger partial charge in [0.15, 0.2) is 10.9 Å². The summed E-state index contributed by atoms with van der Waals surface area (Å²) < 4.78 is 5.57. The average molecular weight is 405 g/mol. The summed E-state index contributed by atoms with van der Waals surface area (Å²) in [7, 11) is 0. The Morgan fingerprint density at radius 3 is 2.89 bits per heavy atom. The summed E-state index contributed by atoms with van der Waals surface area (Å²) in [6.07, 6.45) is 4.37. The number of halogens is 1. The zero-order valence-corrected chi connectivity index (χ0v) is 16.7. The van der Waals surface area contributed by atoms with Crippen molar-refractivity contribution in [3.63, 3.8) is 0 Å². The molecule has 0 unspecified atom stereocenters. The molecular formula is C19H21ClN4O2S. The number of amides is 1. The fourth-order valence-corrected chi connectivity index (χ4v) is 3.97. The Bertz CT molecular complexity index is 856. The van der Waals surface area contributed by atoms with E-state index < -0.39 is 0 Å². The van der Waals surface area contributed by atoms with Crippen molar-refractivity contribution in [1.29, 1.82) is 0 Å². The Morgan fingerprint density at radius 1 is 1.30 bits per heavy atom. The molecule has 0 atom stereocenters. The molecule has 2 aromatic rings. The molecule has 0 bridgehead atoms. The lowest BCUT2D eigenvalue weighted by molar-refractivity contribution is 0.0622. The maximum Gasteiger partial charge on any atom is 0.274 e. The van der Waals surface area contributed by atoms with Crippen LogP contribution in [0.1, 0.15) is 21.6 Å². The monoisotopic (exact) mass is 404 g/mol. The van der Waals surface area contributed by atoms with Crippen molar-refractivity contribution in [2.24, 2.45) is 0 Å². The number of hydrogen-bond acceptors (Lipinski definition) is 6. The van der Waals surface area contributed by atoms with Gasteiger partial charge in [-0.1, -0.05) is 35.5 Å². The molecule has 8 heteroatoms. The maximum absolute atomic E-state index is 12.8. The van der Waals surface area contributed by atoms with Crippen LogP contribution >= 0.6 is 23.4 Å². The van der Waals surface area contributed by atoms with E-state index in [1.165, 1.54) is 29.1 Å². The minimum atomic E-state index is -0.118. The molecule has 0 N–H and O–H groups in total. The van der Waals surface area contributed by atoms with Gasteiger partial charge in [-0.25, -0.2) is 9.97 Å². The molecule has 27 heavy (non-hydrogen) atoms. The van der Waals surface area contributed by atoms with Crippen LogP contribution in [0.15, 0.2) is 29.6 Å². The third-order valence-electron chi connectivity index (χ3n) is 4.93. The van der Waals surface area contributed by atoms with Crippen molar-refractivity contribution in [3.05, 3.63) is 46.2 Å². The molecule has 2 aliphatic heterocycles. The van der Waals surface area contributed by atoms with Crippen molar-refractivity contribution >= 4 is 29.3 Å². The van der Waals surface area contributed by atoms with Crippen LogP contribution < -0.4 is 4.74 Å². The highest BCUT2D eigenvalue weighted by atomic mass is 35.5. The normalized spacial score (nSPS) is 16.9. The molecule has 1 aromatic carbocycles. The first-order chi connectivity index (χ1) is 13.1. The molecule has 1 saturated heterocycles. The van der Waals surface area contributed by atoms with E-state index in [0.29, 0.717) is 29.0 Å². The molecule has 3 heterocycles. The zero-order chi connectivity index (χ0) is 18.8. The van der Waals surface area contributed by atoms with Gasteiger partial charge in [0.25, 0.3) is 5.91 Å². The van der Waals surface area contributed by atoms with Gasteiger partial charge in [0.2, 0.25) is 0 Å². The molecule has 0 aliphatic carbocycles. The summed E-state index contributed by atoms with van der Waals surface area (Å²) in [5, 5.41) is 0.863. The Hall–Kier alpha value is -1.83. The smallest absolute Gasteiger partial charge is 0.274 e. The van der Waals surface area contributed by atoms with Crippen LogP contribution in [0.25, 0.3) is 0 Å². The summed E-state index contributed by atoms with van der Waals surface area (Å²) in [4.78, 5) is 25.4. The number of hydrogen-bond donors (Lipinski definition) is 0. The highest BCUT2D eigenvalue weighted by Gasteiger charge is 2.25. The van der Waals surface area contributed by atoms with E-state index in [2.05, 4.69) is 33.1 Å². The number of aromatic nitrogens is 2. The predicted molar refractivity (Wildman–Crippen MR) is 106 cm³/mol. The topological polar surface area (TPSA) is 58.6 Å². The molecule has 1 aromatic heterocycles. The largest absolute Gasteiger partial charge is 0.493 e. The highest BCUT2D eigenvalue weighted by Crippen LogP contribution is 2.26. The second-order valence-corrected chi connectivity index (χ2v) is 7.84. The summed E-state index contributed by atoms with van der Waals surface area (Å²) in [6.45, 7) is 4.67. The molecule has 0 saturated carbocycles. The predicted octanol–water partition coefficient (Wildman–Crippen LogP) is 2.74. The standard InChI is InChI=1S/C19H21ClN4O2S/c1-27-19-21-11-15(20)17(22-19)18(25)24-7-5-23(6-8-24)12-13-2-3-16-14(10-13)4-9-26-16/h2-3,10-11H,4-9,12H2,1H3. The van der Waals surface area contributed by atoms with Crippen LogP contribution in [0.3, 0.4) is 0 Å². The first-order valence-electron chi connectivity index (χ1n) is 8.97. The van der Waals surface area contributed by atoms with Gasteiger partial charge in [-0.15, -0.1) is 0 Å². The molecule has 1 amide bonds. The number of piperazine rings is 1. The molecule has 2 aliphatic rings. The molecule has 142 valence electrons. The quantitative estimate of drug-likeness (QED) is 0.577. The fourth-order valence-electron chi connectivity index (χ4n) is 3.45. The van der Waals surface area contributed by atoms with Crippen molar-refractivity contribution in [2.75, 3.05) is 39.0 Å². The van der Waals surface area contributed by atoms with Gasteiger partial charge in [-0.05, 0) is 23.4 Å². The van der Waals surface area contributed by atoms with Crippen LogP contribution in [0, 0.1) is 0 Å². The maximum atomic E-state index is 12.8. The Kier molecular flexibility index (Phi) is 5.52.